The van der Waals surface area contributed by atoms with Crippen LogP contribution in [0.3, 0.4) is 0 Å². The molecule has 6 rings (SSSR count). The average Bonchev–Trinajstić information content (AvgIpc) is 3.94. The minimum Gasteiger partial charge on any atom is -0.481 e. The molecule has 2 amide bonds. The van der Waals surface area contributed by atoms with E-state index in [0.717, 1.165) is 84.4 Å². The molecule has 10 nitrogen and oxygen atoms in total. The Balaban J connectivity index is 1.10. The second-order valence-electron chi connectivity index (χ2n) is 27.4. The van der Waals surface area contributed by atoms with Gasteiger partial charge in [0.2, 0.25) is 11.8 Å². The van der Waals surface area contributed by atoms with Gasteiger partial charge in [0.05, 0.1) is 37.6 Å². The van der Waals surface area contributed by atoms with E-state index < -0.39 is 43.3 Å². The Bertz CT molecular complexity index is 2170. The maximum absolute atomic E-state index is 14.2. The predicted molar refractivity (Wildman–Crippen MR) is 328 cm³/mol. The lowest BCUT2D eigenvalue weighted by atomic mass is 9.44. The highest BCUT2D eigenvalue weighted by Gasteiger charge is 2.61. The smallest absolute Gasteiger partial charge is 0.306 e. The number of carboxylic acids is 1. The molecule has 4 fully saturated rings. The van der Waals surface area contributed by atoms with Gasteiger partial charge in [-0.25, -0.2) is 0 Å². The molecule has 2 aromatic rings. The van der Waals surface area contributed by atoms with E-state index >= 15 is 0 Å². The first kappa shape index (κ1) is 65.4. The van der Waals surface area contributed by atoms with E-state index in [-0.39, 0.29) is 44.6 Å². The second kappa shape index (κ2) is 31.7. The Kier molecular flexibility index (Phi) is 25.9. The fraction of sp³-hybridized carbons (Fsp3) is 0.739. The summed E-state index contributed by atoms with van der Waals surface area (Å²) in [6, 6.07) is 19.7. The number of esters is 1. The van der Waals surface area contributed by atoms with Gasteiger partial charge in [-0.3, -0.25) is 19.2 Å². The minimum absolute atomic E-state index is 0.0112. The van der Waals surface area contributed by atoms with Crippen LogP contribution in [0.4, 0.5) is 0 Å². The van der Waals surface area contributed by atoms with Gasteiger partial charge >= 0.3 is 11.9 Å². The summed E-state index contributed by atoms with van der Waals surface area (Å²) in [6.07, 6.45) is 32.5. The van der Waals surface area contributed by atoms with Crippen LogP contribution >= 0.6 is 0 Å². The third-order valence-electron chi connectivity index (χ3n) is 20.5. The molecule has 4 aliphatic rings. The highest BCUT2D eigenvalue weighted by atomic mass is 28.4. The lowest BCUT2D eigenvalue weighted by Crippen LogP contribution is -2.69. The lowest BCUT2D eigenvalue weighted by Gasteiger charge is -2.61. The summed E-state index contributed by atoms with van der Waals surface area (Å²) >= 11 is 0. The maximum Gasteiger partial charge on any atom is 0.306 e. The lowest BCUT2D eigenvalue weighted by molar-refractivity contribution is -0.149. The van der Waals surface area contributed by atoms with E-state index in [0.29, 0.717) is 16.7 Å². The van der Waals surface area contributed by atoms with Crippen LogP contribution in [0.25, 0.3) is 0 Å². The fourth-order valence-electron chi connectivity index (χ4n) is 16.1. The monoisotopic (exact) mass is 1120 g/mol. The predicted octanol–water partition coefficient (Wildman–Crippen LogP) is 14.7. The van der Waals surface area contributed by atoms with Crippen LogP contribution in [0, 0.1) is 52.3 Å². The molecule has 0 radical (unpaired) electrons. The molecule has 5 unspecified atom stereocenters. The van der Waals surface area contributed by atoms with Gasteiger partial charge in [-0.2, -0.15) is 0 Å². The van der Waals surface area contributed by atoms with Crippen molar-refractivity contribution < 1.29 is 38.2 Å². The molecule has 4 aliphatic carbocycles. The van der Waals surface area contributed by atoms with Crippen LogP contribution in [-0.2, 0) is 33.1 Å². The summed E-state index contributed by atoms with van der Waals surface area (Å²) in [5.74, 6) is 2.92. The van der Waals surface area contributed by atoms with Gasteiger partial charge < -0.3 is 29.6 Å². The SMILES string of the molecule is CCCCCCCCCCCCC/C=C/[C@@H](O[Si](c1ccccc1)(c1ccccc1)C(C)(C)C)[C@H](COC(=O)CCC(=O)O)NC(=O)CNC(=O)CO[C@H]1CC[C@@]2(C)C(CCC3C2CC[C@@]2(C)C3CC[C@@H]2C(C)CCCC(C)C)C1. The van der Waals surface area contributed by atoms with E-state index in [1.165, 1.54) is 116 Å². The Morgan fingerprint density at radius 1 is 0.725 bits per heavy atom. The molecule has 0 heterocycles. The van der Waals surface area contributed by atoms with Gasteiger partial charge in [-0.15, -0.1) is 0 Å². The molecule has 11 atom stereocenters. The van der Waals surface area contributed by atoms with E-state index in [1.807, 2.05) is 42.5 Å². The van der Waals surface area contributed by atoms with Gasteiger partial charge in [0.15, 0.2) is 0 Å². The molecular weight excluding hydrogens is 1010 g/mol. The number of nitrogens with one attached hydrogen (secondary N) is 2. The first-order valence-corrected chi connectivity index (χ1v) is 34.2. The van der Waals surface area contributed by atoms with Crippen molar-refractivity contribution in [2.24, 2.45) is 52.3 Å². The van der Waals surface area contributed by atoms with Crippen molar-refractivity contribution >= 4 is 42.4 Å². The van der Waals surface area contributed by atoms with Crippen molar-refractivity contribution in [2.45, 2.75) is 253 Å². The number of allylic oxidation sites excluding steroid dienone is 1. The number of fused-ring (bicyclic) bond motifs is 5. The highest BCUT2D eigenvalue weighted by Crippen LogP contribution is 2.68. The number of aliphatic carboxylic acids is 1. The summed E-state index contributed by atoms with van der Waals surface area (Å²) in [5.41, 5.74) is 0.791. The molecule has 3 N–H and O–H groups in total. The average molecular weight is 1120 g/mol. The number of hydrogen-bond donors (Lipinski definition) is 3. The number of unbranched alkanes of at least 4 members (excludes halogenated alkanes) is 11. The number of carbonyl (C=O) groups excluding carboxylic acids is 3. The van der Waals surface area contributed by atoms with Crippen molar-refractivity contribution in [3.8, 4) is 0 Å². The van der Waals surface area contributed by atoms with Crippen LogP contribution in [0.1, 0.15) is 229 Å². The summed E-state index contributed by atoms with van der Waals surface area (Å²) < 4.78 is 19.9. The van der Waals surface area contributed by atoms with E-state index in [4.69, 9.17) is 13.9 Å². The zero-order chi connectivity index (χ0) is 57.8. The maximum atomic E-state index is 14.2. The van der Waals surface area contributed by atoms with Gasteiger partial charge in [0.1, 0.15) is 13.2 Å². The number of ether oxygens (including phenoxy) is 2. The van der Waals surface area contributed by atoms with Crippen molar-refractivity contribution in [3.63, 3.8) is 0 Å². The molecule has 4 saturated carbocycles. The molecule has 0 spiro atoms. The molecule has 0 aliphatic heterocycles. The van der Waals surface area contributed by atoms with Gasteiger partial charge in [-0.1, -0.05) is 219 Å². The molecule has 11 heteroatoms. The Morgan fingerprint density at radius 2 is 1.34 bits per heavy atom. The third-order valence-corrected chi connectivity index (χ3v) is 25.5. The number of rotatable bonds is 34. The summed E-state index contributed by atoms with van der Waals surface area (Å²) in [5, 5.41) is 17.0. The van der Waals surface area contributed by atoms with Gasteiger partial charge in [0, 0.05) is 0 Å². The number of hydrogen-bond acceptors (Lipinski definition) is 7. The highest BCUT2D eigenvalue weighted by molar-refractivity contribution is 6.99. The van der Waals surface area contributed by atoms with Gasteiger partial charge in [-0.05, 0) is 138 Å². The number of amides is 2. The van der Waals surface area contributed by atoms with Crippen molar-refractivity contribution in [2.75, 3.05) is 19.8 Å². The van der Waals surface area contributed by atoms with Crippen LogP contribution in [-0.4, -0.2) is 75.2 Å². The number of carboxylic acid groups (broad SMARTS) is 1. The van der Waals surface area contributed by atoms with Crippen molar-refractivity contribution in [1.82, 2.24) is 10.6 Å². The Hall–Kier alpha value is -3.80. The van der Waals surface area contributed by atoms with E-state index in [9.17, 15) is 24.3 Å². The zero-order valence-electron chi connectivity index (χ0n) is 51.5. The number of carbonyl (C=O) groups is 4. The summed E-state index contributed by atoms with van der Waals surface area (Å²) in [6.45, 7) is 20.7. The van der Waals surface area contributed by atoms with Crippen molar-refractivity contribution in [1.29, 1.82) is 0 Å². The molecule has 0 bridgehead atoms. The van der Waals surface area contributed by atoms with Gasteiger partial charge in [0.25, 0.3) is 8.32 Å². The quantitative estimate of drug-likeness (QED) is 0.0272. The molecule has 0 saturated heterocycles. The first-order chi connectivity index (χ1) is 38.3. The second-order valence-corrected chi connectivity index (χ2v) is 31.7. The van der Waals surface area contributed by atoms with Crippen LogP contribution < -0.4 is 21.0 Å². The molecule has 0 aromatic heterocycles. The van der Waals surface area contributed by atoms with Crippen LogP contribution in [0.15, 0.2) is 72.8 Å². The zero-order valence-corrected chi connectivity index (χ0v) is 52.5. The standard InChI is InChI=1S/C69H110N2O8Si/c1-10-11-12-13-14-15-16-17-18-19-20-21-28-36-62(79-80(67(5,6)7,55-32-24-22-25-33-55)56-34-26-23-27-35-56)61(49-78-66(76)42-41-65(74)75)71-63(72)48-70-64(73)50-77-54-43-45-68(8)53(47-54)37-38-57-59-40-39-58(52(4)31-29-30-51(2)3)69(59,9)46-44-60(57)68/h22-28,32-36,51-54,57-62H,10-21,29-31,37-50H2,1-9H3,(H,70,73)(H,71,72)(H,74,75)/b36-28+/t52?,53?,54-,57?,58+,59?,60?,61-,62+,68-,69+/m0/s1. The topological polar surface area (TPSA) is 140 Å². The normalized spacial score (nSPS) is 26.0. The third kappa shape index (κ3) is 17.9. The van der Waals surface area contributed by atoms with Crippen LogP contribution in [0.5, 0.6) is 0 Å². The molecule has 80 heavy (non-hydrogen) atoms. The van der Waals surface area contributed by atoms with E-state index in [1.54, 1.807) is 0 Å². The largest absolute Gasteiger partial charge is 0.481 e. The van der Waals surface area contributed by atoms with E-state index in [2.05, 4.69) is 103 Å². The van der Waals surface area contributed by atoms with Crippen molar-refractivity contribution in [3.05, 3.63) is 72.8 Å². The molecule has 448 valence electrons. The fourth-order valence-corrected chi connectivity index (χ4v) is 20.7. The Labute approximate surface area is 486 Å². The first-order valence-electron chi connectivity index (χ1n) is 32.3. The summed E-state index contributed by atoms with van der Waals surface area (Å²) in [4.78, 5) is 52.3. The minimum atomic E-state index is -3.23. The number of benzene rings is 2. The molecule has 2 aromatic carbocycles. The summed E-state index contributed by atoms with van der Waals surface area (Å²) in [7, 11) is -3.23. The Morgan fingerprint density at radius 3 is 1.95 bits per heavy atom. The van der Waals surface area contributed by atoms with Crippen LogP contribution in [0.2, 0.25) is 5.04 Å². The molecular formula is C69H110N2O8Si.